The van der Waals surface area contributed by atoms with Crippen molar-refractivity contribution < 1.29 is 9.84 Å². The van der Waals surface area contributed by atoms with Crippen LogP contribution in [0, 0.1) is 0 Å². The topological polar surface area (TPSA) is 55.5 Å². The summed E-state index contributed by atoms with van der Waals surface area (Å²) in [6.07, 6.45) is 0.601. The Morgan fingerprint density at radius 3 is 2.83 bits per heavy atom. The molecule has 0 aliphatic rings. The van der Waals surface area contributed by atoms with Gasteiger partial charge in [-0.25, -0.2) is 0 Å². The molecule has 3 heteroatoms. The van der Waals surface area contributed by atoms with Gasteiger partial charge in [0, 0.05) is 18.4 Å². The number of nitrogen functional groups attached to an aromatic ring is 1. The predicted molar refractivity (Wildman–Crippen MR) is 48.2 cm³/mol. The molecule has 0 atom stereocenters. The van der Waals surface area contributed by atoms with Crippen LogP contribution in [0.2, 0.25) is 0 Å². The van der Waals surface area contributed by atoms with Gasteiger partial charge in [-0.3, -0.25) is 0 Å². The third-order valence-corrected chi connectivity index (χ3v) is 1.69. The van der Waals surface area contributed by atoms with E-state index in [-0.39, 0.29) is 6.61 Å². The second-order valence-electron chi connectivity index (χ2n) is 2.54. The van der Waals surface area contributed by atoms with Crippen molar-refractivity contribution in [1.82, 2.24) is 0 Å². The van der Waals surface area contributed by atoms with Gasteiger partial charge in [0.1, 0.15) is 5.75 Å². The molecule has 12 heavy (non-hydrogen) atoms. The number of ether oxygens (including phenoxy) is 1. The summed E-state index contributed by atoms with van der Waals surface area (Å²) < 4.78 is 5.09. The Morgan fingerprint density at radius 1 is 1.50 bits per heavy atom. The molecule has 0 saturated carbocycles. The predicted octanol–water partition coefficient (Wildman–Crippen LogP) is 0.812. The quantitative estimate of drug-likeness (QED) is 0.655. The molecule has 1 aromatic rings. The van der Waals surface area contributed by atoms with Crippen LogP contribution in [0.5, 0.6) is 5.75 Å². The lowest BCUT2D eigenvalue weighted by molar-refractivity contribution is 0.296. The van der Waals surface area contributed by atoms with Crippen LogP contribution in [-0.4, -0.2) is 18.8 Å². The van der Waals surface area contributed by atoms with Crippen LogP contribution in [0.15, 0.2) is 18.2 Å². The molecule has 0 amide bonds. The lowest BCUT2D eigenvalue weighted by atomic mass is 10.1. The third kappa shape index (κ3) is 1.89. The summed E-state index contributed by atoms with van der Waals surface area (Å²) in [6.45, 7) is 0.125. The number of aliphatic hydroxyl groups is 1. The maximum Gasteiger partial charge on any atom is 0.124 e. The highest BCUT2D eigenvalue weighted by Crippen LogP contribution is 2.21. The smallest absolute Gasteiger partial charge is 0.124 e. The average molecular weight is 167 g/mol. The van der Waals surface area contributed by atoms with Gasteiger partial charge in [-0.1, -0.05) is 6.07 Å². The average Bonchev–Trinajstić information content (AvgIpc) is 2.08. The van der Waals surface area contributed by atoms with Crippen LogP contribution >= 0.6 is 0 Å². The lowest BCUT2D eigenvalue weighted by Gasteiger charge is -2.07. The fraction of sp³-hybridized carbons (Fsp3) is 0.333. The van der Waals surface area contributed by atoms with Crippen molar-refractivity contribution in [3.8, 4) is 5.75 Å². The van der Waals surface area contributed by atoms with E-state index in [0.717, 1.165) is 11.3 Å². The van der Waals surface area contributed by atoms with E-state index < -0.39 is 0 Å². The van der Waals surface area contributed by atoms with Gasteiger partial charge in [0.2, 0.25) is 0 Å². The Bertz CT molecular complexity index is 261. The van der Waals surface area contributed by atoms with Crippen molar-refractivity contribution >= 4 is 5.69 Å². The van der Waals surface area contributed by atoms with Gasteiger partial charge in [0.15, 0.2) is 0 Å². The lowest BCUT2D eigenvalue weighted by Crippen LogP contribution is -1.96. The van der Waals surface area contributed by atoms with E-state index in [1.165, 1.54) is 0 Å². The van der Waals surface area contributed by atoms with Crippen LogP contribution in [0.1, 0.15) is 5.56 Å². The molecule has 3 nitrogen and oxygen atoms in total. The summed E-state index contributed by atoms with van der Waals surface area (Å²) in [5.41, 5.74) is 7.21. The molecule has 1 aromatic carbocycles. The van der Waals surface area contributed by atoms with Crippen molar-refractivity contribution in [3.63, 3.8) is 0 Å². The molecule has 0 unspecified atom stereocenters. The molecular formula is C9H13NO2. The summed E-state index contributed by atoms with van der Waals surface area (Å²) in [5, 5.41) is 8.72. The Balaban J connectivity index is 2.94. The standard InChI is InChI=1S/C9H13NO2/c1-12-9-6-8(10)3-2-7(9)4-5-11/h2-3,6,11H,4-5,10H2,1H3. The van der Waals surface area contributed by atoms with Crippen molar-refractivity contribution in [1.29, 1.82) is 0 Å². The van der Waals surface area contributed by atoms with Crippen LogP contribution in [0.4, 0.5) is 5.69 Å². The molecule has 0 bridgehead atoms. The Morgan fingerprint density at radius 2 is 2.25 bits per heavy atom. The minimum atomic E-state index is 0.125. The normalized spacial score (nSPS) is 9.83. The first-order valence-corrected chi connectivity index (χ1v) is 3.81. The Kier molecular flexibility index (Phi) is 2.94. The molecule has 3 N–H and O–H groups in total. The van der Waals surface area contributed by atoms with Crippen LogP contribution in [0.25, 0.3) is 0 Å². The Labute approximate surface area is 71.8 Å². The molecule has 1 rings (SSSR count). The molecule has 0 aromatic heterocycles. The summed E-state index contributed by atoms with van der Waals surface area (Å²) in [4.78, 5) is 0. The van der Waals surface area contributed by atoms with Crippen LogP contribution in [0.3, 0.4) is 0 Å². The van der Waals surface area contributed by atoms with Crippen molar-refractivity contribution in [2.24, 2.45) is 0 Å². The maximum absolute atomic E-state index is 8.72. The number of methoxy groups -OCH3 is 1. The van der Waals surface area contributed by atoms with Gasteiger partial charge in [-0.2, -0.15) is 0 Å². The third-order valence-electron chi connectivity index (χ3n) is 1.69. The largest absolute Gasteiger partial charge is 0.496 e. The monoisotopic (exact) mass is 167 g/mol. The molecular weight excluding hydrogens is 154 g/mol. The van der Waals surface area contributed by atoms with Crippen LogP contribution in [-0.2, 0) is 6.42 Å². The van der Waals surface area contributed by atoms with E-state index in [2.05, 4.69) is 0 Å². The van der Waals surface area contributed by atoms with Gasteiger partial charge >= 0.3 is 0 Å². The zero-order valence-electron chi connectivity index (χ0n) is 7.08. The van der Waals surface area contributed by atoms with E-state index in [4.69, 9.17) is 15.6 Å². The maximum atomic E-state index is 8.72. The number of hydrogen-bond acceptors (Lipinski definition) is 3. The Hall–Kier alpha value is -1.22. The van der Waals surface area contributed by atoms with Gasteiger partial charge in [-0.05, 0) is 18.1 Å². The fourth-order valence-corrected chi connectivity index (χ4v) is 1.09. The molecule has 0 aliphatic carbocycles. The molecule has 0 heterocycles. The second-order valence-corrected chi connectivity index (χ2v) is 2.54. The fourth-order valence-electron chi connectivity index (χ4n) is 1.09. The number of rotatable bonds is 3. The zero-order chi connectivity index (χ0) is 8.97. The van der Waals surface area contributed by atoms with Gasteiger partial charge < -0.3 is 15.6 Å². The minimum absolute atomic E-state index is 0.125. The van der Waals surface area contributed by atoms with Gasteiger partial charge in [-0.15, -0.1) is 0 Å². The summed E-state index contributed by atoms with van der Waals surface area (Å²) in [6, 6.07) is 5.42. The van der Waals surface area contributed by atoms with Gasteiger partial charge in [0.25, 0.3) is 0 Å². The molecule has 0 saturated heterocycles. The first kappa shape index (κ1) is 8.87. The first-order chi connectivity index (χ1) is 5.77. The van der Waals surface area contributed by atoms with Crippen molar-refractivity contribution in [2.45, 2.75) is 6.42 Å². The molecule has 0 aliphatic heterocycles. The summed E-state index contributed by atoms with van der Waals surface area (Å²) in [5.74, 6) is 0.740. The number of anilines is 1. The van der Waals surface area contributed by atoms with E-state index in [1.54, 1.807) is 19.2 Å². The van der Waals surface area contributed by atoms with E-state index in [9.17, 15) is 0 Å². The van der Waals surface area contributed by atoms with E-state index in [1.807, 2.05) is 6.07 Å². The highest BCUT2D eigenvalue weighted by molar-refractivity contribution is 5.48. The SMILES string of the molecule is COc1cc(N)ccc1CCO. The van der Waals surface area contributed by atoms with Crippen molar-refractivity contribution in [3.05, 3.63) is 23.8 Å². The zero-order valence-corrected chi connectivity index (χ0v) is 7.08. The second kappa shape index (κ2) is 3.97. The van der Waals surface area contributed by atoms with Gasteiger partial charge in [0.05, 0.1) is 7.11 Å². The molecule has 0 spiro atoms. The molecule has 0 fully saturated rings. The minimum Gasteiger partial charge on any atom is -0.496 e. The summed E-state index contributed by atoms with van der Waals surface area (Å²) in [7, 11) is 1.59. The number of nitrogens with two attached hydrogens (primary N) is 1. The summed E-state index contributed by atoms with van der Waals surface area (Å²) >= 11 is 0. The van der Waals surface area contributed by atoms with Crippen LogP contribution < -0.4 is 10.5 Å². The van der Waals surface area contributed by atoms with E-state index in [0.29, 0.717) is 12.1 Å². The van der Waals surface area contributed by atoms with E-state index >= 15 is 0 Å². The first-order valence-electron chi connectivity index (χ1n) is 3.81. The number of hydrogen-bond donors (Lipinski definition) is 2. The van der Waals surface area contributed by atoms with Crippen molar-refractivity contribution in [2.75, 3.05) is 19.5 Å². The highest BCUT2D eigenvalue weighted by Gasteiger charge is 2.01. The number of aliphatic hydroxyl groups excluding tert-OH is 1. The number of benzene rings is 1. The molecule has 0 radical (unpaired) electrons. The highest BCUT2D eigenvalue weighted by atomic mass is 16.5. The molecule has 66 valence electrons.